The first-order valence-corrected chi connectivity index (χ1v) is 8.70. The largest absolute Gasteiger partial charge is 0.481 e. The van der Waals surface area contributed by atoms with Crippen molar-refractivity contribution in [3.05, 3.63) is 48.3 Å². The number of amides is 1. The van der Waals surface area contributed by atoms with Crippen LogP contribution in [0.25, 0.3) is 5.69 Å². The molecule has 0 radical (unpaired) electrons. The Morgan fingerprint density at radius 2 is 1.96 bits per heavy atom. The Kier molecular flexibility index (Phi) is 5.48. The van der Waals surface area contributed by atoms with Crippen molar-refractivity contribution in [2.24, 2.45) is 5.92 Å². The van der Waals surface area contributed by atoms with Gasteiger partial charge in [-0.3, -0.25) is 9.59 Å². The minimum absolute atomic E-state index is 0.114. The van der Waals surface area contributed by atoms with Crippen LogP contribution in [0.3, 0.4) is 0 Å². The molecule has 0 spiro atoms. The maximum absolute atomic E-state index is 12.6. The van der Waals surface area contributed by atoms with Crippen LogP contribution < -0.4 is 0 Å². The second-order valence-electron chi connectivity index (χ2n) is 6.57. The van der Waals surface area contributed by atoms with E-state index in [1.54, 1.807) is 10.9 Å². The molecule has 2 aromatic rings. The molecular formula is C19H23N3O3. The van der Waals surface area contributed by atoms with Crippen LogP contribution >= 0.6 is 0 Å². The summed E-state index contributed by atoms with van der Waals surface area (Å²) in [6, 6.07) is 9.70. The molecule has 1 aliphatic heterocycles. The van der Waals surface area contributed by atoms with E-state index in [2.05, 4.69) is 5.10 Å². The highest BCUT2D eigenvalue weighted by molar-refractivity contribution is 5.78. The molecule has 1 atom stereocenters. The van der Waals surface area contributed by atoms with E-state index in [1.807, 2.05) is 41.4 Å². The van der Waals surface area contributed by atoms with Crippen molar-refractivity contribution in [2.75, 3.05) is 13.1 Å². The van der Waals surface area contributed by atoms with Gasteiger partial charge >= 0.3 is 5.97 Å². The molecule has 1 unspecified atom stereocenters. The van der Waals surface area contributed by atoms with E-state index in [4.69, 9.17) is 5.11 Å². The SMILES string of the molecule is O=C(O)CC1CCCN(C(=O)Cc2ccc(-n3cccn3)cc2)CC1. The van der Waals surface area contributed by atoms with Crippen LogP contribution in [0.2, 0.25) is 0 Å². The number of rotatable bonds is 5. The van der Waals surface area contributed by atoms with Gasteiger partial charge in [-0.15, -0.1) is 0 Å². The van der Waals surface area contributed by atoms with Gasteiger partial charge in [0.2, 0.25) is 5.91 Å². The topological polar surface area (TPSA) is 75.4 Å². The first-order valence-electron chi connectivity index (χ1n) is 8.70. The number of aromatic nitrogens is 2. The molecule has 0 bridgehead atoms. The third-order valence-corrected chi connectivity index (χ3v) is 4.72. The highest BCUT2D eigenvalue weighted by Gasteiger charge is 2.22. The maximum atomic E-state index is 12.6. The summed E-state index contributed by atoms with van der Waals surface area (Å²) in [5, 5.41) is 13.1. The zero-order chi connectivity index (χ0) is 17.6. The summed E-state index contributed by atoms with van der Waals surface area (Å²) in [5.74, 6) is -0.450. The maximum Gasteiger partial charge on any atom is 0.303 e. The summed E-state index contributed by atoms with van der Waals surface area (Å²) in [4.78, 5) is 25.3. The quantitative estimate of drug-likeness (QED) is 0.907. The fraction of sp³-hybridized carbons (Fsp3) is 0.421. The van der Waals surface area contributed by atoms with Crippen LogP contribution in [0, 0.1) is 5.92 Å². The Labute approximate surface area is 147 Å². The van der Waals surface area contributed by atoms with E-state index < -0.39 is 5.97 Å². The number of likely N-dealkylation sites (tertiary alicyclic amines) is 1. The molecule has 0 saturated carbocycles. The summed E-state index contributed by atoms with van der Waals surface area (Å²) in [5.41, 5.74) is 1.94. The number of hydrogen-bond acceptors (Lipinski definition) is 3. The van der Waals surface area contributed by atoms with Crippen molar-refractivity contribution in [1.29, 1.82) is 0 Å². The molecule has 6 heteroatoms. The zero-order valence-corrected chi connectivity index (χ0v) is 14.2. The molecule has 1 saturated heterocycles. The third-order valence-electron chi connectivity index (χ3n) is 4.72. The van der Waals surface area contributed by atoms with E-state index in [1.165, 1.54) is 0 Å². The Bertz CT molecular complexity index is 710. The highest BCUT2D eigenvalue weighted by Crippen LogP contribution is 2.21. The normalized spacial score (nSPS) is 17.9. The van der Waals surface area contributed by atoms with Crippen LogP contribution in [-0.2, 0) is 16.0 Å². The number of carbonyl (C=O) groups excluding carboxylic acids is 1. The number of benzene rings is 1. The summed E-state index contributed by atoms with van der Waals surface area (Å²) < 4.78 is 1.78. The number of hydrogen-bond donors (Lipinski definition) is 1. The second kappa shape index (κ2) is 7.96. The third kappa shape index (κ3) is 4.68. The minimum atomic E-state index is -0.748. The van der Waals surface area contributed by atoms with Gasteiger partial charge in [0.1, 0.15) is 0 Å². The molecule has 132 valence electrons. The van der Waals surface area contributed by atoms with Crippen molar-refractivity contribution in [2.45, 2.75) is 32.1 Å². The number of nitrogens with zero attached hydrogens (tertiary/aromatic N) is 3. The summed E-state index contributed by atoms with van der Waals surface area (Å²) in [6.45, 7) is 1.38. The van der Waals surface area contributed by atoms with Crippen molar-refractivity contribution in [1.82, 2.24) is 14.7 Å². The number of aliphatic carboxylic acids is 1. The Hall–Kier alpha value is -2.63. The molecule has 1 aromatic carbocycles. The Morgan fingerprint density at radius 1 is 1.16 bits per heavy atom. The van der Waals surface area contributed by atoms with Gasteiger partial charge in [0.15, 0.2) is 0 Å². The van der Waals surface area contributed by atoms with Gasteiger partial charge in [0.25, 0.3) is 0 Å². The summed E-state index contributed by atoms with van der Waals surface area (Å²) in [7, 11) is 0. The predicted octanol–water partition coefficient (Wildman–Crippen LogP) is 2.52. The van der Waals surface area contributed by atoms with Gasteiger partial charge in [-0.25, -0.2) is 4.68 Å². The number of carboxylic acids is 1. The van der Waals surface area contributed by atoms with E-state index in [0.717, 1.165) is 37.1 Å². The van der Waals surface area contributed by atoms with Gasteiger partial charge in [-0.2, -0.15) is 5.10 Å². The molecule has 1 N–H and O–H groups in total. The summed E-state index contributed by atoms with van der Waals surface area (Å²) in [6.07, 6.45) is 6.73. The van der Waals surface area contributed by atoms with Crippen molar-refractivity contribution in [3.8, 4) is 5.69 Å². The smallest absolute Gasteiger partial charge is 0.303 e. The lowest BCUT2D eigenvalue weighted by Gasteiger charge is -2.20. The second-order valence-corrected chi connectivity index (χ2v) is 6.57. The van der Waals surface area contributed by atoms with Crippen LogP contribution in [0.5, 0.6) is 0 Å². The fourth-order valence-corrected chi connectivity index (χ4v) is 3.34. The van der Waals surface area contributed by atoms with E-state index in [9.17, 15) is 9.59 Å². The standard InChI is InChI=1S/C19H23N3O3/c23-18(21-10-1-3-15(8-12-21)14-19(24)25)13-16-4-6-17(7-5-16)22-11-2-9-20-22/h2,4-7,9,11,15H,1,3,8,10,12-14H2,(H,24,25). The highest BCUT2D eigenvalue weighted by atomic mass is 16.4. The predicted molar refractivity (Wildman–Crippen MR) is 93.4 cm³/mol. The average molecular weight is 341 g/mol. The monoisotopic (exact) mass is 341 g/mol. The Morgan fingerprint density at radius 3 is 2.64 bits per heavy atom. The van der Waals surface area contributed by atoms with E-state index in [-0.39, 0.29) is 18.2 Å². The lowest BCUT2D eigenvalue weighted by Crippen LogP contribution is -2.33. The number of carboxylic acid groups (broad SMARTS) is 1. The van der Waals surface area contributed by atoms with Crippen molar-refractivity contribution in [3.63, 3.8) is 0 Å². The number of carbonyl (C=O) groups is 2. The van der Waals surface area contributed by atoms with Gasteiger partial charge in [-0.1, -0.05) is 12.1 Å². The van der Waals surface area contributed by atoms with Crippen LogP contribution in [0.1, 0.15) is 31.2 Å². The molecule has 1 fully saturated rings. The molecule has 6 nitrogen and oxygen atoms in total. The van der Waals surface area contributed by atoms with Gasteiger partial charge in [-0.05, 0) is 48.9 Å². The van der Waals surface area contributed by atoms with Crippen LogP contribution in [-0.4, -0.2) is 44.8 Å². The lowest BCUT2D eigenvalue weighted by atomic mass is 9.97. The van der Waals surface area contributed by atoms with Crippen molar-refractivity contribution < 1.29 is 14.7 Å². The first kappa shape index (κ1) is 17.2. The molecule has 1 aliphatic rings. The Balaban J connectivity index is 1.56. The van der Waals surface area contributed by atoms with E-state index in [0.29, 0.717) is 13.0 Å². The minimum Gasteiger partial charge on any atom is -0.481 e. The van der Waals surface area contributed by atoms with Crippen LogP contribution in [0.4, 0.5) is 0 Å². The zero-order valence-electron chi connectivity index (χ0n) is 14.2. The molecule has 0 aliphatic carbocycles. The van der Waals surface area contributed by atoms with Gasteiger partial charge in [0, 0.05) is 31.9 Å². The molecule has 1 aromatic heterocycles. The van der Waals surface area contributed by atoms with Crippen molar-refractivity contribution >= 4 is 11.9 Å². The molecule has 2 heterocycles. The fourth-order valence-electron chi connectivity index (χ4n) is 3.34. The first-order chi connectivity index (χ1) is 12.1. The van der Waals surface area contributed by atoms with Gasteiger partial charge in [0.05, 0.1) is 12.1 Å². The van der Waals surface area contributed by atoms with Crippen LogP contribution in [0.15, 0.2) is 42.7 Å². The summed E-state index contributed by atoms with van der Waals surface area (Å²) >= 11 is 0. The van der Waals surface area contributed by atoms with E-state index >= 15 is 0 Å². The molecule has 25 heavy (non-hydrogen) atoms. The lowest BCUT2D eigenvalue weighted by molar-refractivity contribution is -0.138. The molecular weight excluding hydrogens is 318 g/mol. The average Bonchev–Trinajstić information content (AvgIpc) is 3.02. The van der Waals surface area contributed by atoms with Gasteiger partial charge < -0.3 is 10.0 Å². The molecule has 1 amide bonds. The molecule has 3 rings (SSSR count).